The van der Waals surface area contributed by atoms with Crippen LogP contribution in [-0.4, -0.2) is 70.0 Å². The third kappa shape index (κ3) is 4.85. The number of ether oxygens (including phenoxy) is 2. The number of hydrogen-bond acceptors (Lipinski definition) is 8. The number of hydrogen-bond donors (Lipinski definition) is 2. The lowest BCUT2D eigenvalue weighted by Gasteiger charge is -2.31. The maximum absolute atomic E-state index is 16.3. The fourth-order valence-corrected chi connectivity index (χ4v) is 6.15. The second-order valence-electron chi connectivity index (χ2n) is 10.8. The van der Waals surface area contributed by atoms with Gasteiger partial charge in [-0.1, -0.05) is 24.3 Å². The molecular formula is C30H34FN5O3. The molecule has 0 spiro atoms. The van der Waals surface area contributed by atoms with Gasteiger partial charge in [0, 0.05) is 31.5 Å². The molecule has 0 bridgehead atoms. The number of aromatic hydroxyl groups is 1. The largest absolute Gasteiger partial charge is 0.508 e. The summed E-state index contributed by atoms with van der Waals surface area (Å²) in [6.07, 6.45) is 6.84. The lowest BCUT2D eigenvalue weighted by Crippen LogP contribution is -2.43. The number of aromatic nitrogens is 3. The molecule has 2 aromatic heterocycles. The van der Waals surface area contributed by atoms with Crippen molar-refractivity contribution < 1.29 is 19.0 Å². The highest BCUT2D eigenvalue weighted by Crippen LogP contribution is 2.40. The smallest absolute Gasteiger partial charge is 0.319 e. The SMILES string of the molecule is COCCC(C)Nc1nc(OCC23CCCN2CCC3)nc2c(F)c(-c3cc(O)cc4ccccc34)ncc12. The first kappa shape index (κ1) is 25.7. The van der Waals surface area contributed by atoms with E-state index in [1.165, 1.54) is 6.07 Å². The molecule has 8 nitrogen and oxygen atoms in total. The van der Waals surface area contributed by atoms with E-state index in [1.54, 1.807) is 19.4 Å². The summed E-state index contributed by atoms with van der Waals surface area (Å²) in [5.41, 5.74) is 0.764. The predicted octanol–water partition coefficient (Wildman–Crippen LogP) is 5.53. The van der Waals surface area contributed by atoms with E-state index in [4.69, 9.17) is 9.47 Å². The minimum atomic E-state index is -0.579. The molecule has 6 rings (SSSR count). The Kier molecular flexibility index (Phi) is 6.95. The maximum atomic E-state index is 16.3. The molecule has 2 N–H and O–H groups in total. The number of nitrogens with zero attached hydrogens (tertiary/aromatic N) is 4. The number of pyridine rings is 1. The van der Waals surface area contributed by atoms with E-state index >= 15 is 4.39 Å². The second-order valence-corrected chi connectivity index (χ2v) is 10.8. The number of benzene rings is 2. The van der Waals surface area contributed by atoms with Gasteiger partial charge in [-0.3, -0.25) is 9.88 Å². The molecular weight excluding hydrogens is 497 g/mol. The summed E-state index contributed by atoms with van der Waals surface area (Å²) in [4.78, 5) is 16.3. The molecule has 9 heteroatoms. The molecule has 1 unspecified atom stereocenters. The Morgan fingerprint density at radius 3 is 2.72 bits per heavy atom. The highest BCUT2D eigenvalue weighted by Gasteiger charge is 2.45. The van der Waals surface area contributed by atoms with Crippen molar-refractivity contribution >= 4 is 27.5 Å². The highest BCUT2D eigenvalue weighted by atomic mass is 19.1. The third-order valence-corrected chi connectivity index (χ3v) is 8.18. The van der Waals surface area contributed by atoms with Crippen LogP contribution in [-0.2, 0) is 4.74 Å². The van der Waals surface area contributed by atoms with Crippen LogP contribution in [0.15, 0.2) is 42.6 Å². The summed E-state index contributed by atoms with van der Waals surface area (Å²) < 4.78 is 27.8. The molecule has 1 atom stereocenters. The first-order valence-corrected chi connectivity index (χ1v) is 13.7. The van der Waals surface area contributed by atoms with Gasteiger partial charge in [-0.15, -0.1) is 0 Å². The average Bonchev–Trinajstić information content (AvgIpc) is 3.51. The number of methoxy groups -OCH3 is 1. The van der Waals surface area contributed by atoms with Crippen LogP contribution in [0.1, 0.15) is 39.0 Å². The van der Waals surface area contributed by atoms with E-state index in [-0.39, 0.29) is 34.6 Å². The molecule has 4 heterocycles. The van der Waals surface area contributed by atoms with Gasteiger partial charge in [0.1, 0.15) is 29.4 Å². The summed E-state index contributed by atoms with van der Waals surface area (Å²) in [6.45, 7) is 5.27. The highest BCUT2D eigenvalue weighted by molar-refractivity contribution is 5.99. The number of halogens is 1. The van der Waals surface area contributed by atoms with E-state index in [1.807, 2.05) is 31.2 Å². The summed E-state index contributed by atoms with van der Waals surface area (Å²) in [5.74, 6) is -0.0582. The summed E-state index contributed by atoms with van der Waals surface area (Å²) >= 11 is 0. The fraction of sp³-hybridized carbons (Fsp3) is 0.433. The Hall–Kier alpha value is -3.56. The molecule has 204 valence electrons. The molecule has 0 saturated carbocycles. The summed E-state index contributed by atoms with van der Waals surface area (Å²) in [6, 6.07) is 10.9. The Morgan fingerprint density at radius 1 is 1.13 bits per heavy atom. The Balaban J connectivity index is 1.43. The first-order valence-electron chi connectivity index (χ1n) is 13.7. The lowest BCUT2D eigenvalue weighted by molar-refractivity contribution is 0.108. The molecule has 0 radical (unpaired) electrons. The quantitative estimate of drug-likeness (QED) is 0.291. The van der Waals surface area contributed by atoms with E-state index in [0.29, 0.717) is 30.0 Å². The molecule has 2 saturated heterocycles. The molecule has 39 heavy (non-hydrogen) atoms. The first-order chi connectivity index (χ1) is 19.0. The van der Waals surface area contributed by atoms with Crippen molar-refractivity contribution in [3.05, 3.63) is 48.4 Å². The van der Waals surface area contributed by atoms with E-state index in [9.17, 15) is 5.11 Å². The topological polar surface area (TPSA) is 92.6 Å². The zero-order chi connectivity index (χ0) is 27.0. The van der Waals surface area contributed by atoms with Crippen molar-refractivity contribution in [3.63, 3.8) is 0 Å². The monoisotopic (exact) mass is 531 g/mol. The van der Waals surface area contributed by atoms with Crippen LogP contribution in [0.5, 0.6) is 11.8 Å². The standard InChI is InChI=1S/C30H34FN5O3/c1-19(9-14-38-2)33-28-24-17-32-26(23-16-21(37)15-20-7-3-4-8-22(20)23)25(31)27(24)34-29(35-28)39-18-30-10-5-12-36(30)13-6-11-30/h3-4,7-8,15-17,19,37H,5-6,9-14,18H2,1-2H3,(H,33,34,35). The van der Waals surface area contributed by atoms with Gasteiger partial charge in [-0.25, -0.2) is 4.39 Å². The zero-order valence-corrected chi connectivity index (χ0v) is 22.4. The second kappa shape index (κ2) is 10.5. The fourth-order valence-electron chi connectivity index (χ4n) is 6.15. The number of phenolic OH excluding ortho intramolecular Hbond substituents is 1. The van der Waals surface area contributed by atoms with Gasteiger partial charge in [0.05, 0.1) is 10.9 Å². The molecule has 2 aromatic carbocycles. The van der Waals surface area contributed by atoms with Crippen molar-refractivity contribution in [1.29, 1.82) is 0 Å². The molecule has 0 aliphatic carbocycles. The lowest BCUT2D eigenvalue weighted by atomic mass is 9.95. The number of rotatable bonds is 9. The average molecular weight is 532 g/mol. The van der Waals surface area contributed by atoms with Crippen LogP contribution >= 0.6 is 0 Å². The van der Waals surface area contributed by atoms with Gasteiger partial charge >= 0.3 is 6.01 Å². The van der Waals surface area contributed by atoms with Crippen molar-refractivity contribution in [2.24, 2.45) is 0 Å². The summed E-state index contributed by atoms with van der Waals surface area (Å²) in [7, 11) is 1.67. The molecule has 4 aromatic rings. The van der Waals surface area contributed by atoms with E-state index < -0.39 is 5.82 Å². The van der Waals surface area contributed by atoms with Crippen LogP contribution in [0, 0.1) is 5.82 Å². The van der Waals surface area contributed by atoms with Gasteiger partial charge in [0.15, 0.2) is 5.82 Å². The van der Waals surface area contributed by atoms with Crippen molar-refractivity contribution in [2.45, 2.75) is 50.6 Å². The minimum absolute atomic E-state index is 0.0140. The van der Waals surface area contributed by atoms with Gasteiger partial charge in [-0.2, -0.15) is 9.97 Å². The third-order valence-electron chi connectivity index (χ3n) is 8.18. The van der Waals surface area contributed by atoms with Crippen LogP contribution in [0.3, 0.4) is 0 Å². The molecule has 2 fully saturated rings. The molecule has 2 aliphatic rings. The van der Waals surface area contributed by atoms with Crippen LogP contribution in [0.2, 0.25) is 0 Å². The predicted molar refractivity (Wildman–Crippen MR) is 150 cm³/mol. The number of phenols is 1. The Labute approximate surface area is 227 Å². The van der Waals surface area contributed by atoms with Gasteiger partial charge in [-0.05, 0) is 75.0 Å². The number of fused-ring (bicyclic) bond motifs is 3. The zero-order valence-electron chi connectivity index (χ0n) is 22.4. The molecule has 2 aliphatic heterocycles. The maximum Gasteiger partial charge on any atom is 0.319 e. The van der Waals surface area contributed by atoms with Crippen LogP contribution in [0.4, 0.5) is 10.2 Å². The normalized spacial score (nSPS) is 17.5. The number of nitrogens with one attached hydrogen (secondary N) is 1. The molecule has 0 amide bonds. The minimum Gasteiger partial charge on any atom is -0.508 e. The van der Waals surface area contributed by atoms with Crippen molar-refractivity contribution in [3.8, 4) is 23.0 Å². The Bertz CT molecular complexity index is 1500. The van der Waals surface area contributed by atoms with Gasteiger partial charge < -0.3 is 19.9 Å². The van der Waals surface area contributed by atoms with Gasteiger partial charge in [0.2, 0.25) is 0 Å². The van der Waals surface area contributed by atoms with Crippen molar-refractivity contribution in [2.75, 3.05) is 38.7 Å². The van der Waals surface area contributed by atoms with Gasteiger partial charge in [0.25, 0.3) is 0 Å². The summed E-state index contributed by atoms with van der Waals surface area (Å²) in [5, 5.41) is 15.8. The number of anilines is 1. The van der Waals surface area contributed by atoms with Crippen molar-refractivity contribution in [1.82, 2.24) is 19.9 Å². The van der Waals surface area contributed by atoms with Crippen LogP contribution < -0.4 is 10.1 Å². The van der Waals surface area contributed by atoms with E-state index in [2.05, 4.69) is 25.2 Å². The van der Waals surface area contributed by atoms with E-state index in [0.717, 1.165) is 56.0 Å². The van der Waals surface area contributed by atoms with Crippen LogP contribution in [0.25, 0.3) is 32.9 Å². The Morgan fingerprint density at radius 2 is 1.92 bits per heavy atom.